The monoisotopic (exact) mass is 336 g/mol. The number of amides is 1. The fourth-order valence-electron chi connectivity index (χ4n) is 2.62. The zero-order valence-corrected chi connectivity index (χ0v) is 14.4. The molecule has 0 spiro atoms. The number of anilines is 1. The first-order valence-corrected chi connectivity index (χ1v) is 8.06. The minimum atomic E-state index is -0.468. The molecular weight excluding hydrogens is 316 g/mol. The third-order valence-electron chi connectivity index (χ3n) is 3.73. The van der Waals surface area contributed by atoms with Crippen LogP contribution in [-0.2, 0) is 4.74 Å². The maximum atomic E-state index is 12.1. The fourth-order valence-corrected chi connectivity index (χ4v) is 2.88. The third-order valence-corrected chi connectivity index (χ3v) is 4.04. The first kappa shape index (κ1) is 15.9. The number of imidazole rings is 1. The number of halogens is 1. The fraction of sp³-hybridized carbons (Fsp3) is 0.500. The van der Waals surface area contributed by atoms with Crippen molar-refractivity contribution in [2.24, 2.45) is 0 Å². The molecule has 124 valence electrons. The van der Waals surface area contributed by atoms with Crippen LogP contribution in [0.5, 0.6) is 0 Å². The first-order valence-electron chi connectivity index (χ1n) is 7.68. The Labute approximate surface area is 140 Å². The second kappa shape index (κ2) is 5.92. The highest BCUT2D eigenvalue weighted by Gasteiger charge is 2.26. The van der Waals surface area contributed by atoms with Crippen molar-refractivity contribution in [1.82, 2.24) is 14.3 Å². The van der Waals surface area contributed by atoms with E-state index in [2.05, 4.69) is 9.88 Å². The van der Waals surface area contributed by atoms with Crippen LogP contribution in [0, 0.1) is 0 Å². The van der Waals surface area contributed by atoms with Crippen LogP contribution in [-0.4, -0.2) is 52.2 Å². The van der Waals surface area contributed by atoms with E-state index in [9.17, 15) is 4.79 Å². The Morgan fingerprint density at radius 2 is 1.96 bits per heavy atom. The van der Waals surface area contributed by atoms with Gasteiger partial charge < -0.3 is 18.9 Å². The molecule has 0 radical (unpaired) electrons. The van der Waals surface area contributed by atoms with Gasteiger partial charge in [0.2, 0.25) is 0 Å². The van der Waals surface area contributed by atoms with E-state index in [0.29, 0.717) is 18.1 Å². The van der Waals surface area contributed by atoms with Crippen molar-refractivity contribution >= 4 is 29.0 Å². The van der Waals surface area contributed by atoms with Gasteiger partial charge in [0.1, 0.15) is 11.2 Å². The number of pyridine rings is 1. The summed E-state index contributed by atoms with van der Waals surface area (Å²) in [6.07, 6.45) is 5.36. The molecule has 1 saturated heterocycles. The summed E-state index contributed by atoms with van der Waals surface area (Å²) in [4.78, 5) is 20.3. The summed E-state index contributed by atoms with van der Waals surface area (Å²) in [5, 5.41) is 0.675. The minimum absolute atomic E-state index is 0.256. The molecule has 0 N–H and O–H groups in total. The number of ether oxygens (including phenoxy) is 1. The zero-order chi connectivity index (χ0) is 16.6. The van der Waals surface area contributed by atoms with Crippen LogP contribution in [0.3, 0.4) is 0 Å². The molecule has 2 aromatic heterocycles. The summed E-state index contributed by atoms with van der Waals surface area (Å²) in [7, 11) is 0. The van der Waals surface area contributed by atoms with Crippen molar-refractivity contribution in [2.45, 2.75) is 26.4 Å². The van der Waals surface area contributed by atoms with Crippen molar-refractivity contribution in [3.63, 3.8) is 0 Å². The lowest BCUT2D eigenvalue weighted by Gasteiger charge is -2.37. The van der Waals surface area contributed by atoms with Crippen molar-refractivity contribution in [1.29, 1.82) is 0 Å². The number of hydrogen-bond acceptors (Lipinski definition) is 4. The van der Waals surface area contributed by atoms with Crippen molar-refractivity contribution in [3.05, 3.63) is 29.7 Å². The summed E-state index contributed by atoms with van der Waals surface area (Å²) in [6, 6.07) is 1.86. The number of carbonyl (C=O) groups is 1. The molecule has 1 fully saturated rings. The molecule has 6 nitrogen and oxygen atoms in total. The van der Waals surface area contributed by atoms with Crippen LogP contribution >= 0.6 is 11.6 Å². The average Bonchev–Trinajstić information content (AvgIpc) is 2.92. The van der Waals surface area contributed by atoms with Gasteiger partial charge in [0, 0.05) is 50.8 Å². The van der Waals surface area contributed by atoms with Gasteiger partial charge >= 0.3 is 6.09 Å². The third kappa shape index (κ3) is 3.52. The van der Waals surface area contributed by atoms with Crippen LogP contribution in [0.15, 0.2) is 24.7 Å². The molecule has 2 aromatic rings. The molecule has 0 aliphatic carbocycles. The summed E-state index contributed by atoms with van der Waals surface area (Å²) >= 11 is 6.38. The summed E-state index contributed by atoms with van der Waals surface area (Å²) in [6.45, 7) is 8.31. The number of nitrogens with zero attached hydrogens (tertiary/aromatic N) is 4. The Bertz CT molecular complexity index is 714. The highest BCUT2D eigenvalue weighted by Crippen LogP contribution is 2.28. The van der Waals surface area contributed by atoms with Crippen LogP contribution in [0.25, 0.3) is 5.65 Å². The van der Waals surface area contributed by atoms with Crippen LogP contribution < -0.4 is 4.90 Å². The topological polar surface area (TPSA) is 50.1 Å². The van der Waals surface area contributed by atoms with Gasteiger partial charge in [0.05, 0.1) is 10.7 Å². The number of rotatable bonds is 1. The Morgan fingerprint density at radius 1 is 1.26 bits per heavy atom. The van der Waals surface area contributed by atoms with Gasteiger partial charge in [-0.15, -0.1) is 0 Å². The molecule has 1 aliphatic heterocycles. The van der Waals surface area contributed by atoms with E-state index in [1.165, 1.54) is 0 Å². The second-order valence-corrected chi connectivity index (χ2v) is 7.06. The smallest absolute Gasteiger partial charge is 0.410 e. The summed E-state index contributed by atoms with van der Waals surface area (Å²) in [5.41, 5.74) is 1.32. The van der Waals surface area contributed by atoms with E-state index in [1.54, 1.807) is 11.1 Å². The summed E-state index contributed by atoms with van der Waals surface area (Å²) in [5.74, 6) is 0. The number of piperazine rings is 1. The van der Waals surface area contributed by atoms with Gasteiger partial charge in [-0.25, -0.2) is 9.78 Å². The van der Waals surface area contributed by atoms with Crippen molar-refractivity contribution in [3.8, 4) is 0 Å². The molecular formula is C16H21ClN4O2. The van der Waals surface area contributed by atoms with E-state index < -0.39 is 5.60 Å². The molecule has 1 amide bonds. The van der Waals surface area contributed by atoms with Crippen LogP contribution in [0.1, 0.15) is 20.8 Å². The standard InChI is InChI=1S/C16H21ClN4O2/c1-16(2,3)23-15(22)20-8-6-19(7-9-20)13-11-21-5-4-18-14(21)10-12(13)17/h4-5,10-11H,6-9H2,1-3H3. The summed E-state index contributed by atoms with van der Waals surface area (Å²) < 4.78 is 7.37. The maximum absolute atomic E-state index is 12.1. The van der Waals surface area contributed by atoms with Crippen molar-refractivity contribution < 1.29 is 9.53 Å². The highest BCUT2D eigenvalue weighted by atomic mass is 35.5. The molecule has 1 aliphatic rings. The Hall–Kier alpha value is -1.95. The molecule has 3 heterocycles. The van der Waals surface area contributed by atoms with Gasteiger partial charge in [-0.05, 0) is 20.8 Å². The molecule has 0 aromatic carbocycles. The van der Waals surface area contributed by atoms with Gasteiger partial charge in [0.15, 0.2) is 0 Å². The van der Waals surface area contributed by atoms with Crippen LogP contribution in [0.2, 0.25) is 5.02 Å². The Morgan fingerprint density at radius 3 is 2.61 bits per heavy atom. The lowest BCUT2D eigenvalue weighted by atomic mass is 10.2. The molecule has 23 heavy (non-hydrogen) atoms. The Balaban J connectivity index is 1.68. The van der Waals surface area contributed by atoms with E-state index in [-0.39, 0.29) is 6.09 Å². The van der Waals surface area contributed by atoms with E-state index in [4.69, 9.17) is 16.3 Å². The largest absolute Gasteiger partial charge is 0.444 e. The first-order chi connectivity index (χ1) is 10.8. The van der Waals surface area contributed by atoms with E-state index in [0.717, 1.165) is 24.4 Å². The average molecular weight is 337 g/mol. The zero-order valence-electron chi connectivity index (χ0n) is 13.6. The predicted octanol–water partition coefficient (Wildman–Crippen LogP) is 3.04. The molecule has 7 heteroatoms. The lowest BCUT2D eigenvalue weighted by Crippen LogP contribution is -2.50. The van der Waals surface area contributed by atoms with Gasteiger partial charge in [0.25, 0.3) is 0 Å². The van der Waals surface area contributed by atoms with Gasteiger partial charge in [-0.1, -0.05) is 11.6 Å². The molecule has 0 unspecified atom stereocenters. The number of hydrogen-bond donors (Lipinski definition) is 0. The quantitative estimate of drug-likeness (QED) is 0.803. The molecule has 0 bridgehead atoms. The normalized spacial score (nSPS) is 16.0. The van der Waals surface area contributed by atoms with Gasteiger partial charge in [-0.3, -0.25) is 0 Å². The highest BCUT2D eigenvalue weighted by molar-refractivity contribution is 6.33. The van der Waals surface area contributed by atoms with Crippen molar-refractivity contribution in [2.75, 3.05) is 31.1 Å². The Kier molecular flexibility index (Phi) is 4.10. The minimum Gasteiger partial charge on any atom is -0.444 e. The predicted molar refractivity (Wildman–Crippen MR) is 90.2 cm³/mol. The van der Waals surface area contributed by atoms with E-state index in [1.807, 2.05) is 43.6 Å². The molecule has 3 rings (SSSR count). The molecule has 0 atom stereocenters. The number of fused-ring (bicyclic) bond motifs is 1. The van der Waals surface area contributed by atoms with E-state index >= 15 is 0 Å². The second-order valence-electron chi connectivity index (χ2n) is 6.65. The number of carbonyl (C=O) groups excluding carboxylic acids is 1. The SMILES string of the molecule is CC(C)(C)OC(=O)N1CCN(c2cn3ccnc3cc2Cl)CC1. The number of aromatic nitrogens is 2. The lowest BCUT2D eigenvalue weighted by molar-refractivity contribution is 0.0240. The molecule has 0 saturated carbocycles. The maximum Gasteiger partial charge on any atom is 0.410 e. The van der Waals surface area contributed by atoms with Gasteiger partial charge in [-0.2, -0.15) is 0 Å². The van der Waals surface area contributed by atoms with Crippen LogP contribution in [0.4, 0.5) is 10.5 Å².